The van der Waals surface area contributed by atoms with Gasteiger partial charge in [-0.3, -0.25) is 19.8 Å². The van der Waals surface area contributed by atoms with Gasteiger partial charge in [-0.15, -0.1) is 0 Å². The Morgan fingerprint density at radius 3 is 2.41 bits per heavy atom. The van der Waals surface area contributed by atoms with Crippen LogP contribution in [-0.2, 0) is 21.5 Å². The van der Waals surface area contributed by atoms with Gasteiger partial charge in [0.25, 0.3) is 5.91 Å². The lowest BCUT2D eigenvalue weighted by molar-refractivity contribution is -0.143. The Hall–Kier alpha value is -4.66. The van der Waals surface area contributed by atoms with Crippen LogP contribution in [0.3, 0.4) is 0 Å². The molecule has 1 amide bonds. The summed E-state index contributed by atoms with van der Waals surface area (Å²) in [5.41, 5.74) is 1.86. The minimum Gasteiger partial charge on any atom is -0.491 e. The van der Waals surface area contributed by atoms with Gasteiger partial charge < -0.3 is 29.2 Å². The number of esters is 1. The highest BCUT2D eigenvalue weighted by atomic mass is 16.5. The highest BCUT2D eigenvalue weighted by Crippen LogP contribution is 2.40. The Kier molecular flexibility index (Phi) is 12.9. The van der Waals surface area contributed by atoms with E-state index in [4.69, 9.17) is 29.6 Å². The molecule has 1 aliphatic heterocycles. The van der Waals surface area contributed by atoms with Gasteiger partial charge in [-0.2, -0.15) is 5.26 Å². The molecule has 0 radical (unpaired) electrons. The molecule has 1 aromatic carbocycles. The van der Waals surface area contributed by atoms with Crippen LogP contribution in [0.25, 0.3) is 0 Å². The predicted octanol–water partition coefficient (Wildman–Crippen LogP) is 4.96. The molecular weight excluding hydrogens is 590 g/mol. The van der Waals surface area contributed by atoms with Gasteiger partial charge in [0, 0.05) is 43.1 Å². The molecule has 0 aliphatic carbocycles. The first-order valence-corrected chi connectivity index (χ1v) is 15.7. The topological polar surface area (TPSA) is 164 Å². The number of nitrogens with one attached hydrogen (secondary N) is 2. The number of hydrogen-bond donors (Lipinski definition) is 2. The third-order valence-electron chi connectivity index (χ3n) is 7.25. The molecule has 0 saturated heterocycles. The maximum atomic E-state index is 13.8. The molecular formula is C34H45N5O7. The zero-order chi connectivity index (χ0) is 33.9. The van der Waals surface area contributed by atoms with Gasteiger partial charge in [-0.1, -0.05) is 20.8 Å². The van der Waals surface area contributed by atoms with Crippen molar-refractivity contribution in [3.05, 3.63) is 46.3 Å². The van der Waals surface area contributed by atoms with Crippen molar-refractivity contribution in [2.45, 2.75) is 78.7 Å². The minimum absolute atomic E-state index is 0.0448. The van der Waals surface area contributed by atoms with Gasteiger partial charge >= 0.3 is 5.97 Å². The van der Waals surface area contributed by atoms with Crippen molar-refractivity contribution in [3.8, 4) is 23.3 Å². The largest absolute Gasteiger partial charge is 0.491 e. The summed E-state index contributed by atoms with van der Waals surface area (Å²) in [5, 5.41) is 20.3. The normalized spacial score (nSPS) is 12.3. The molecule has 3 rings (SSSR count). The number of carbonyl (C=O) groups excluding carboxylic acids is 3. The Labute approximate surface area is 270 Å². The van der Waals surface area contributed by atoms with Gasteiger partial charge in [0.05, 0.1) is 39.0 Å². The summed E-state index contributed by atoms with van der Waals surface area (Å²) in [5.74, 6) is 0.391. The van der Waals surface area contributed by atoms with Crippen LogP contribution in [0.15, 0.2) is 18.2 Å². The Bertz CT molecular complexity index is 1480. The molecule has 0 unspecified atom stereocenters. The summed E-state index contributed by atoms with van der Waals surface area (Å²) >= 11 is 0. The number of fused-ring (bicyclic) bond motifs is 1. The fourth-order valence-corrected chi connectivity index (χ4v) is 4.93. The summed E-state index contributed by atoms with van der Waals surface area (Å²) in [4.78, 5) is 44.0. The van der Waals surface area contributed by atoms with E-state index in [9.17, 15) is 14.4 Å². The number of aromatic nitrogens is 1. The second-order valence-electron chi connectivity index (χ2n) is 11.8. The first-order valence-electron chi connectivity index (χ1n) is 15.7. The second kappa shape index (κ2) is 16.6. The smallest absolute Gasteiger partial charge is 0.305 e. The number of unbranched alkanes of at least 4 members (excludes halogenated alkanes) is 2. The monoisotopic (exact) mass is 635 g/mol. The Morgan fingerprint density at radius 2 is 1.76 bits per heavy atom. The lowest BCUT2D eigenvalue weighted by Gasteiger charge is -2.26. The number of rotatable bonds is 17. The molecule has 46 heavy (non-hydrogen) atoms. The van der Waals surface area contributed by atoms with Crippen LogP contribution >= 0.6 is 0 Å². The molecule has 0 spiro atoms. The summed E-state index contributed by atoms with van der Waals surface area (Å²) in [6, 6.07) is 7.28. The number of nitriles is 1. The van der Waals surface area contributed by atoms with E-state index in [1.165, 1.54) is 7.05 Å². The third-order valence-corrected chi connectivity index (χ3v) is 7.25. The third kappa shape index (κ3) is 9.19. The van der Waals surface area contributed by atoms with E-state index in [0.29, 0.717) is 86.0 Å². The van der Waals surface area contributed by atoms with Crippen LogP contribution in [-0.4, -0.2) is 73.4 Å². The molecule has 248 valence electrons. The van der Waals surface area contributed by atoms with Crippen molar-refractivity contribution in [3.63, 3.8) is 0 Å². The molecule has 2 N–H and O–H groups in total. The zero-order valence-electron chi connectivity index (χ0n) is 27.7. The highest BCUT2D eigenvalue weighted by molar-refractivity contribution is 6.05. The number of benzene rings is 1. The number of carbonyl (C=O) groups is 3. The van der Waals surface area contributed by atoms with E-state index in [-0.39, 0.29) is 43.0 Å². The number of pyridine rings is 1. The number of nitrogens with zero attached hydrogens (tertiary/aromatic N) is 3. The van der Waals surface area contributed by atoms with Crippen molar-refractivity contribution < 1.29 is 33.3 Å². The van der Waals surface area contributed by atoms with Crippen molar-refractivity contribution >= 4 is 23.5 Å². The molecule has 12 heteroatoms. The molecule has 2 aromatic rings. The fourth-order valence-electron chi connectivity index (χ4n) is 4.93. The molecule has 1 aliphatic rings. The maximum Gasteiger partial charge on any atom is 0.305 e. The summed E-state index contributed by atoms with van der Waals surface area (Å²) in [7, 11) is 1.50. The number of ether oxygens (including phenoxy) is 4. The molecule has 2 heterocycles. The number of ketones is 1. The van der Waals surface area contributed by atoms with Gasteiger partial charge in [0.15, 0.2) is 28.7 Å². The van der Waals surface area contributed by atoms with E-state index in [2.05, 4.69) is 16.4 Å². The van der Waals surface area contributed by atoms with Crippen LogP contribution in [0.2, 0.25) is 0 Å². The number of amidine groups is 1. The van der Waals surface area contributed by atoms with Gasteiger partial charge in [-0.25, -0.2) is 4.98 Å². The predicted molar refractivity (Wildman–Crippen MR) is 172 cm³/mol. The lowest BCUT2D eigenvalue weighted by atomic mass is 9.84. The Morgan fingerprint density at radius 1 is 1.02 bits per heavy atom. The molecule has 12 nitrogen and oxygen atoms in total. The summed E-state index contributed by atoms with van der Waals surface area (Å²) in [6.45, 7) is 11.1. The lowest BCUT2D eigenvalue weighted by Crippen LogP contribution is -2.31. The molecule has 0 atom stereocenters. The molecule has 0 fully saturated rings. The van der Waals surface area contributed by atoms with Gasteiger partial charge in [0.1, 0.15) is 11.5 Å². The molecule has 0 bridgehead atoms. The second-order valence-corrected chi connectivity index (χ2v) is 11.8. The van der Waals surface area contributed by atoms with Crippen LogP contribution in [0.5, 0.6) is 17.2 Å². The SMILES string of the molecule is CCOC(=O)CCCCOc1c(OCCCC#N)cc(C(=O)CN2Cc3cc(OCC)c(C(=O)NC)nc3C2=N)cc1C(C)(C)C. The number of hydrogen-bond acceptors (Lipinski definition) is 10. The quantitative estimate of drug-likeness (QED) is 0.138. The van der Waals surface area contributed by atoms with Gasteiger partial charge in [-0.05, 0) is 56.7 Å². The average molecular weight is 636 g/mol. The fraction of sp³-hybridized carbons (Fsp3) is 0.529. The minimum atomic E-state index is -0.424. The Balaban J connectivity index is 1.87. The van der Waals surface area contributed by atoms with Gasteiger partial charge in [0.2, 0.25) is 0 Å². The van der Waals surface area contributed by atoms with E-state index in [0.717, 1.165) is 5.56 Å². The van der Waals surface area contributed by atoms with Crippen molar-refractivity contribution in [1.82, 2.24) is 15.2 Å². The van der Waals surface area contributed by atoms with E-state index >= 15 is 0 Å². The maximum absolute atomic E-state index is 13.8. The first-order chi connectivity index (χ1) is 21.9. The highest BCUT2D eigenvalue weighted by Gasteiger charge is 2.32. The van der Waals surface area contributed by atoms with Crippen molar-refractivity contribution in [2.75, 3.05) is 40.0 Å². The van der Waals surface area contributed by atoms with Crippen LogP contribution in [0.1, 0.15) is 104 Å². The van der Waals surface area contributed by atoms with Crippen molar-refractivity contribution in [2.24, 2.45) is 0 Å². The van der Waals surface area contributed by atoms with Crippen LogP contribution in [0, 0.1) is 16.7 Å². The number of amides is 1. The summed E-state index contributed by atoms with van der Waals surface area (Å²) in [6.07, 6.45) is 2.37. The molecule has 1 aromatic heterocycles. The van der Waals surface area contributed by atoms with E-state index in [1.807, 2.05) is 27.7 Å². The zero-order valence-corrected chi connectivity index (χ0v) is 27.7. The first kappa shape index (κ1) is 35.8. The summed E-state index contributed by atoms with van der Waals surface area (Å²) < 4.78 is 23.0. The average Bonchev–Trinajstić information content (AvgIpc) is 3.31. The van der Waals surface area contributed by atoms with Crippen molar-refractivity contribution in [1.29, 1.82) is 10.7 Å². The molecule has 0 saturated carbocycles. The standard InChI is InChI=1S/C34H45N5O7/c1-7-43-26-19-23-20-39(32(36)29(23)38-30(26)33(42)37-6)21-25(40)22-17-24(34(3,4)5)31(27(18-22)45-15-12-10-14-35)46-16-11-9-13-28(41)44-8-2/h17-19,36H,7-13,15-16,20-21H2,1-6H3,(H,37,42). The van der Waals surface area contributed by atoms with E-state index in [1.54, 1.807) is 30.0 Å². The number of Topliss-reactive ketones (excluding diaryl/α,β-unsaturated/α-hetero) is 1. The van der Waals surface area contributed by atoms with Crippen LogP contribution < -0.4 is 19.5 Å². The van der Waals surface area contributed by atoms with E-state index < -0.39 is 11.3 Å². The van der Waals surface area contributed by atoms with Crippen LogP contribution in [0.4, 0.5) is 0 Å².